The van der Waals surface area contributed by atoms with Gasteiger partial charge >= 0.3 is 0 Å². The fourth-order valence-corrected chi connectivity index (χ4v) is 1.18. The van der Waals surface area contributed by atoms with Gasteiger partial charge in [0.2, 0.25) is 0 Å². The average Bonchev–Trinajstić information content (AvgIpc) is 2.15. The van der Waals surface area contributed by atoms with Gasteiger partial charge in [-0.1, -0.05) is 39.4 Å². The van der Waals surface area contributed by atoms with E-state index in [-0.39, 0.29) is 11.7 Å². The summed E-state index contributed by atoms with van der Waals surface area (Å²) in [5.74, 6) is 0.134. The highest BCUT2D eigenvalue weighted by Gasteiger charge is 2.14. The second-order valence-electron chi connectivity index (χ2n) is 3.28. The highest BCUT2D eigenvalue weighted by atomic mass is 32.1. The molecule has 0 saturated carbocycles. The summed E-state index contributed by atoms with van der Waals surface area (Å²) < 4.78 is 0. The average molecular weight is 201 g/mol. The van der Waals surface area contributed by atoms with Crippen LogP contribution in [0.5, 0.6) is 0 Å². The summed E-state index contributed by atoms with van der Waals surface area (Å²) >= 11 is 4.97. The van der Waals surface area contributed by atoms with Crippen LogP contribution < -0.4 is 5.32 Å². The van der Waals surface area contributed by atoms with E-state index in [2.05, 4.69) is 12.2 Å². The highest BCUT2D eigenvalue weighted by Crippen LogP contribution is 2.02. The van der Waals surface area contributed by atoms with Gasteiger partial charge in [0.1, 0.15) is 4.99 Å². The molecule has 0 aliphatic carbocycles. The van der Waals surface area contributed by atoms with Crippen molar-refractivity contribution in [2.45, 2.75) is 40.0 Å². The maximum atomic E-state index is 11.5. The molecule has 0 aliphatic heterocycles. The van der Waals surface area contributed by atoms with Crippen molar-refractivity contribution in [2.75, 3.05) is 6.54 Å². The Morgan fingerprint density at radius 2 is 2.08 bits per heavy atom. The first-order valence-electron chi connectivity index (χ1n) is 4.95. The molecule has 0 saturated heterocycles. The third kappa shape index (κ3) is 4.98. The molecule has 1 unspecified atom stereocenters. The smallest absolute Gasteiger partial charge is 0.192 e. The van der Waals surface area contributed by atoms with E-state index in [0.717, 1.165) is 25.8 Å². The molecule has 0 bridgehead atoms. The lowest BCUT2D eigenvalue weighted by Gasteiger charge is -2.09. The molecule has 1 N–H and O–H groups in total. The van der Waals surface area contributed by atoms with E-state index in [0.29, 0.717) is 4.99 Å². The third-order valence-corrected chi connectivity index (χ3v) is 2.45. The summed E-state index contributed by atoms with van der Waals surface area (Å²) in [6, 6.07) is 0. The van der Waals surface area contributed by atoms with E-state index in [1.54, 1.807) is 0 Å². The van der Waals surface area contributed by atoms with Crippen LogP contribution in [0.25, 0.3) is 0 Å². The lowest BCUT2D eigenvalue weighted by Crippen LogP contribution is -2.33. The monoisotopic (exact) mass is 201 g/mol. The van der Waals surface area contributed by atoms with E-state index >= 15 is 0 Å². The zero-order valence-electron chi connectivity index (χ0n) is 8.72. The minimum atomic E-state index is 0.0571. The second kappa shape index (κ2) is 7.01. The maximum Gasteiger partial charge on any atom is 0.192 e. The van der Waals surface area contributed by atoms with Crippen LogP contribution in [-0.2, 0) is 4.79 Å². The quantitative estimate of drug-likeness (QED) is 0.528. The highest BCUT2D eigenvalue weighted by molar-refractivity contribution is 7.82. The molecule has 0 rings (SSSR count). The number of carbonyl (C=O) groups excluding carboxylic acids is 1. The minimum absolute atomic E-state index is 0.0571. The van der Waals surface area contributed by atoms with Crippen LogP contribution in [0.2, 0.25) is 0 Å². The molecule has 0 amide bonds. The Bertz CT molecular complexity index is 180. The van der Waals surface area contributed by atoms with Crippen LogP contribution in [0.15, 0.2) is 0 Å². The number of ketones is 1. The van der Waals surface area contributed by atoms with Crippen LogP contribution in [0.1, 0.15) is 40.0 Å². The van der Waals surface area contributed by atoms with Gasteiger partial charge in [0.25, 0.3) is 0 Å². The number of unbranched alkanes of at least 4 members (excludes halogenated alkanes) is 1. The topological polar surface area (TPSA) is 29.1 Å². The number of Topliss-reactive ketones (excluding diaryl/α,β-unsaturated/α-hetero) is 1. The van der Waals surface area contributed by atoms with Gasteiger partial charge < -0.3 is 5.32 Å². The molecular formula is C10H19NOS. The van der Waals surface area contributed by atoms with Crippen LogP contribution in [0.3, 0.4) is 0 Å². The number of hydrogen-bond acceptors (Lipinski definition) is 2. The van der Waals surface area contributed by atoms with Gasteiger partial charge in [-0.2, -0.15) is 0 Å². The van der Waals surface area contributed by atoms with Crippen molar-refractivity contribution in [1.82, 2.24) is 5.32 Å². The van der Waals surface area contributed by atoms with Gasteiger partial charge in [0.05, 0.1) is 0 Å². The molecule has 0 aromatic heterocycles. The molecule has 1 atom stereocenters. The SMILES string of the molecule is CCCCNC(=S)C(=O)C(C)CC. The van der Waals surface area contributed by atoms with Crippen LogP contribution in [0.4, 0.5) is 0 Å². The van der Waals surface area contributed by atoms with Gasteiger partial charge in [-0.05, 0) is 12.8 Å². The molecule has 0 fully saturated rings. The molecular weight excluding hydrogens is 182 g/mol. The largest absolute Gasteiger partial charge is 0.373 e. The van der Waals surface area contributed by atoms with Gasteiger partial charge in [-0.15, -0.1) is 0 Å². The number of rotatable bonds is 6. The van der Waals surface area contributed by atoms with Crippen molar-refractivity contribution < 1.29 is 4.79 Å². The number of thiocarbonyl (C=S) groups is 1. The molecule has 0 aliphatic rings. The lowest BCUT2D eigenvalue weighted by molar-refractivity contribution is -0.116. The number of hydrogen-bond donors (Lipinski definition) is 1. The zero-order valence-corrected chi connectivity index (χ0v) is 9.54. The normalized spacial score (nSPS) is 12.2. The summed E-state index contributed by atoms with van der Waals surface area (Å²) in [6.45, 7) is 6.84. The zero-order chi connectivity index (χ0) is 10.3. The first-order chi connectivity index (χ1) is 6.13. The standard InChI is InChI=1S/C10H19NOS/c1-4-6-7-11-10(13)9(12)8(3)5-2/h8H,4-7H2,1-3H3,(H,11,13). The Labute approximate surface area is 86.1 Å². The Kier molecular flexibility index (Phi) is 6.77. The van der Waals surface area contributed by atoms with Gasteiger partial charge in [0, 0.05) is 12.5 Å². The van der Waals surface area contributed by atoms with E-state index in [1.165, 1.54) is 0 Å². The Balaban J connectivity index is 3.76. The van der Waals surface area contributed by atoms with Gasteiger partial charge in [0.15, 0.2) is 5.78 Å². The van der Waals surface area contributed by atoms with E-state index in [1.807, 2.05) is 13.8 Å². The first kappa shape index (κ1) is 12.6. The molecule has 13 heavy (non-hydrogen) atoms. The molecule has 0 aromatic rings. The summed E-state index contributed by atoms with van der Waals surface area (Å²) in [5.41, 5.74) is 0. The fraction of sp³-hybridized carbons (Fsp3) is 0.800. The van der Waals surface area contributed by atoms with Crippen molar-refractivity contribution in [3.05, 3.63) is 0 Å². The van der Waals surface area contributed by atoms with E-state index < -0.39 is 0 Å². The second-order valence-corrected chi connectivity index (χ2v) is 3.69. The summed E-state index contributed by atoms with van der Waals surface area (Å²) in [7, 11) is 0. The van der Waals surface area contributed by atoms with Crippen LogP contribution >= 0.6 is 12.2 Å². The van der Waals surface area contributed by atoms with Gasteiger partial charge in [-0.3, -0.25) is 4.79 Å². The van der Waals surface area contributed by atoms with Crippen molar-refractivity contribution in [2.24, 2.45) is 5.92 Å². The number of nitrogens with one attached hydrogen (secondary N) is 1. The first-order valence-corrected chi connectivity index (χ1v) is 5.36. The van der Waals surface area contributed by atoms with Crippen molar-refractivity contribution in [3.8, 4) is 0 Å². The number of carbonyl (C=O) groups is 1. The van der Waals surface area contributed by atoms with E-state index in [4.69, 9.17) is 12.2 Å². The minimum Gasteiger partial charge on any atom is -0.373 e. The van der Waals surface area contributed by atoms with Crippen LogP contribution in [0, 0.1) is 5.92 Å². The van der Waals surface area contributed by atoms with Crippen molar-refractivity contribution in [1.29, 1.82) is 0 Å². The lowest BCUT2D eigenvalue weighted by atomic mass is 10.0. The molecule has 0 heterocycles. The van der Waals surface area contributed by atoms with Crippen molar-refractivity contribution in [3.63, 3.8) is 0 Å². The summed E-state index contributed by atoms with van der Waals surface area (Å²) in [5, 5.41) is 2.98. The molecule has 0 aromatic carbocycles. The summed E-state index contributed by atoms with van der Waals surface area (Å²) in [4.78, 5) is 11.9. The third-order valence-electron chi connectivity index (χ3n) is 2.10. The Morgan fingerprint density at radius 3 is 2.54 bits per heavy atom. The predicted molar refractivity (Wildman–Crippen MR) is 60.0 cm³/mol. The van der Waals surface area contributed by atoms with E-state index in [9.17, 15) is 4.79 Å². The molecule has 3 heteroatoms. The fourth-order valence-electron chi connectivity index (χ4n) is 0.875. The molecule has 0 radical (unpaired) electrons. The Hall–Kier alpha value is -0.440. The Morgan fingerprint density at radius 1 is 1.46 bits per heavy atom. The van der Waals surface area contributed by atoms with Crippen molar-refractivity contribution >= 4 is 23.0 Å². The maximum absolute atomic E-state index is 11.5. The van der Waals surface area contributed by atoms with Gasteiger partial charge in [-0.25, -0.2) is 0 Å². The molecule has 0 spiro atoms. The molecule has 76 valence electrons. The summed E-state index contributed by atoms with van der Waals surface area (Å²) in [6.07, 6.45) is 3.04. The predicted octanol–water partition coefficient (Wildman–Crippen LogP) is 2.32. The molecule has 2 nitrogen and oxygen atoms in total. The van der Waals surface area contributed by atoms with Crippen LogP contribution in [-0.4, -0.2) is 17.3 Å².